The van der Waals surface area contributed by atoms with Crippen molar-refractivity contribution in [3.8, 4) is 0 Å². The van der Waals surface area contributed by atoms with Crippen molar-refractivity contribution in [2.24, 2.45) is 0 Å². The van der Waals surface area contributed by atoms with Crippen LogP contribution in [0.25, 0.3) is 11.0 Å². The van der Waals surface area contributed by atoms with Gasteiger partial charge in [0.1, 0.15) is 17.9 Å². The summed E-state index contributed by atoms with van der Waals surface area (Å²) < 4.78 is 6.77. The van der Waals surface area contributed by atoms with E-state index in [1.807, 2.05) is 0 Å². The van der Waals surface area contributed by atoms with Crippen molar-refractivity contribution >= 4 is 28.5 Å². The number of nitrogens with two attached hydrogens (primary N) is 1. The molecule has 0 aliphatic rings. The van der Waals surface area contributed by atoms with Crippen LogP contribution in [0, 0.1) is 0 Å². The predicted octanol–water partition coefficient (Wildman–Crippen LogP) is 1.79. The number of hydrogen-bond acceptors (Lipinski definition) is 5. The molecule has 3 aromatic heterocycles. The number of rotatable bonds is 2. The van der Waals surface area contributed by atoms with Crippen molar-refractivity contribution < 1.29 is 4.42 Å². The third-order valence-corrected chi connectivity index (χ3v) is 2.81. The minimum atomic E-state index is -0.559. The van der Waals surface area contributed by atoms with Crippen molar-refractivity contribution in [1.82, 2.24) is 19.7 Å². The zero-order valence-corrected chi connectivity index (χ0v) is 9.37. The van der Waals surface area contributed by atoms with Gasteiger partial charge in [0, 0.05) is 0 Å². The van der Waals surface area contributed by atoms with Crippen LogP contribution < -0.4 is 5.73 Å². The average molecular weight is 250 g/mol. The van der Waals surface area contributed by atoms with Crippen LogP contribution in [-0.2, 0) is 0 Å². The van der Waals surface area contributed by atoms with Crippen LogP contribution in [0.2, 0.25) is 0 Å². The number of halogens is 1. The molecular weight excluding hydrogens is 242 g/mol. The van der Waals surface area contributed by atoms with Crippen molar-refractivity contribution in [3.63, 3.8) is 0 Å². The Morgan fingerprint density at radius 3 is 3.06 bits per heavy atom. The highest BCUT2D eigenvalue weighted by molar-refractivity contribution is 6.20. The van der Waals surface area contributed by atoms with E-state index in [2.05, 4.69) is 15.1 Å². The summed E-state index contributed by atoms with van der Waals surface area (Å²) in [6.45, 7) is 0. The number of fused-ring (bicyclic) bond motifs is 1. The van der Waals surface area contributed by atoms with Crippen LogP contribution in [0.15, 0.2) is 35.3 Å². The highest BCUT2D eigenvalue weighted by Gasteiger charge is 2.18. The van der Waals surface area contributed by atoms with E-state index >= 15 is 0 Å². The number of anilines is 1. The number of furan rings is 1. The van der Waals surface area contributed by atoms with E-state index in [0.29, 0.717) is 22.6 Å². The molecule has 1 atom stereocenters. The fourth-order valence-corrected chi connectivity index (χ4v) is 1.86. The first-order valence-corrected chi connectivity index (χ1v) is 5.32. The Kier molecular flexibility index (Phi) is 2.22. The van der Waals surface area contributed by atoms with Crippen molar-refractivity contribution in [2.75, 3.05) is 5.73 Å². The molecule has 2 N–H and O–H groups in total. The standard InChI is InChI=1S/C10H8ClN5O/c11-8(7-2-1-3-17-7)16-10-6(4-15-16)9(12)13-5-14-10/h1-5,8H,(H2,12,13,14). The van der Waals surface area contributed by atoms with Gasteiger partial charge in [0.15, 0.2) is 11.1 Å². The second-order valence-electron chi connectivity index (χ2n) is 3.44. The summed E-state index contributed by atoms with van der Waals surface area (Å²) in [5, 5.41) is 4.83. The molecular formula is C10H8ClN5O. The maximum Gasteiger partial charge on any atom is 0.185 e. The SMILES string of the molecule is Nc1ncnc2c1cnn2C(Cl)c1ccco1. The van der Waals surface area contributed by atoms with Gasteiger partial charge in [0.25, 0.3) is 0 Å². The molecule has 0 aliphatic carbocycles. The van der Waals surface area contributed by atoms with Crippen LogP contribution in [0.3, 0.4) is 0 Å². The van der Waals surface area contributed by atoms with Crippen molar-refractivity contribution in [1.29, 1.82) is 0 Å². The summed E-state index contributed by atoms with van der Waals surface area (Å²) in [5.41, 5.74) is 5.74. The third-order valence-electron chi connectivity index (χ3n) is 2.41. The maximum atomic E-state index is 6.25. The fraction of sp³-hybridized carbons (Fsp3) is 0.100. The van der Waals surface area contributed by atoms with E-state index in [9.17, 15) is 0 Å². The van der Waals surface area contributed by atoms with Crippen LogP contribution >= 0.6 is 11.6 Å². The van der Waals surface area contributed by atoms with E-state index < -0.39 is 5.50 Å². The van der Waals surface area contributed by atoms with Gasteiger partial charge in [-0.2, -0.15) is 5.10 Å². The quantitative estimate of drug-likeness (QED) is 0.700. The molecule has 0 amide bonds. The molecule has 0 bridgehead atoms. The summed E-state index contributed by atoms with van der Waals surface area (Å²) in [5.74, 6) is 0.971. The molecule has 7 heteroatoms. The van der Waals surface area contributed by atoms with Gasteiger partial charge in [-0.15, -0.1) is 0 Å². The van der Waals surface area contributed by atoms with E-state index in [1.165, 1.54) is 11.0 Å². The van der Waals surface area contributed by atoms with E-state index in [-0.39, 0.29) is 0 Å². The van der Waals surface area contributed by atoms with E-state index in [4.69, 9.17) is 21.8 Å². The maximum absolute atomic E-state index is 6.25. The molecule has 1 unspecified atom stereocenters. The first-order valence-electron chi connectivity index (χ1n) is 4.88. The zero-order valence-electron chi connectivity index (χ0n) is 8.62. The third kappa shape index (κ3) is 1.53. The molecule has 0 fully saturated rings. The molecule has 0 radical (unpaired) electrons. The van der Waals surface area contributed by atoms with Gasteiger partial charge < -0.3 is 10.2 Å². The predicted molar refractivity (Wildman–Crippen MR) is 62.4 cm³/mol. The normalized spacial score (nSPS) is 13.0. The first kappa shape index (κ1) is 10.1. The molecule has 3 rings (SSSR count). The minimum absolute atomic E-state index is 0.379. The minimum Gasteiger partial charge on any atom is -0.466 e. The molecule has 3 aromatic rings. The van der Waals surface area contributed by atoms with Gasteiger partial charge in [-0.25, -0.2) is 14.6 Å². The summed E-state index contributed by atoms with van der Waals surface area (Å²) in [7, 11) is 0. The Morgan fingerprint density at radius 2 is 2.29 bits per heavy atom. The largest absolute Gasteiger partial charge is 0.466 e. The Hall–Kier alpha value is -2.08. The van der Waals surface area contributed by atoms with Crippen LogP contribution in [0.5, 0.6) is 0 Å². The smallest absolute Gasteiger partial charge is 0.185 e. The van der Waals surface area contributed by atoms with Crippen molar-refractivity contribution in [3.05, 3.63) is 36.7 Å². The number of alkyl halides is 1. The number of hydrogen-bond donors (Lipinski definition) is 1. The monoisotopic (exact) mass is 249 g/mol. The number of aromatic nitrogens is 4. The highest BCUT2D eigenvalue weighted by Crippen LogP contribution is 2.26. The molecule has 0 saturated heterocycles. The summed E-state index contributed by atoms with van der Waals surface area (Å²) in [4.78, 5) is 8.01. The van der Waals surface area contributed by atoms with Gasteiger partial charge in [-0.1, -0.05) is 11.6 Å². The number of nitrogen functional groups attached to an aromatic ring is 1. The van der Waals surface area contributed by atoms with Gasteiger partial charge >= 0.3 is 0 Å². The second kappa shape index (κ2) is 3.74. The highest BCUT2D eigenvalue weighted by atomic mass is 35.5. The van der Waals surface area contributed by atoms with Crippen LogP contribution in [-0.4, -0.2) is 19.7 Å². The molecule has 17 heavy (non-hydrogen) atoms. The lowest BCUT2D eigenvalue weighted by Gasteiger charge is -2.07. The Balaban J connectivity index is 2.15. The average Bonchev–Trinajstić information content (AvgIpc) is 2.98. The molecule has 0 aliphatic heterocycles. The summed E-state index contributed by atoms with van der Waals surface area (Å²) in [6.07, 6.45) is 4.52. The molecule has 3 heterocycles. The molecule has 86 valence electrons. The van der Waals surface area contributed by atoms with E-state index in [1.54, 1.807) is 24.6 Å². The number of nitrogens with zero attached hydrogens (tertiary/aromatic N) is 4. The fourth-order valence-electron chi connectivity index (χ4n) is 1.59. The Morgan fingerprint density at radius 1 is 1.41 bits per heavy atom. The lowest BCUT2D eigenvalue weighted by Crippen LogP contribution is -2.06. The zero-order chi connectivity index (χ0) is 11.8. The van der Waals surface area contributed by atoms with Gasteiger partial charge in [0.05, 0.1) is 17.8 Å². The van der Waals surface area contributed by atoms with Gasteiger partial charge in [-0.3, -0.25) is 0 Å². The van der Waals surface area contributed by atoms with Gasteiger partial charge in [0.2, 0.25) is 0 Å². The topological polar surface area (TPSA) is 82.8 Å². The Labute approximate surface area is 101 Å². The molecule has 6 nitrogen and oxygen atoms in total. The van der Waals surface area contributed by atoms with Crippen molar-refractivity contribution in [2.45, 2.75) is 5.50 Å². The second-order valence-corrected chi connectivity index (χ2v) is 3.85. The Bertz CT molecular complexity index is 648. The molecule has 0 spiro atoms. The lowest BCUT2D eigenvalue weighted by molar-refractivity contribution is 0.474. The molecule has 0 saturated carbocycles. The molecule has 0 aromatic carbocycles. The van der Waals surface area contributed by atoms with Crippen LogP contribution in [0.1, 0.15) is 11.3 Å². The van der Waals surface area contributed by atoms with E-state index in [0.717, 1.165) is 0 Å². The van der Waals surface area contributed by atoms with Crippen LogP contribution in [0.4, 0.5) is 5.82 Å². The summed E-state index contributed by atoms with van der Waals surface area (Å²) in [6, 6.07) is 3.54. The summed E-state index contributed by atoms with van der Waals surface area (Å²) >= 11 is 6.25. The lowest BCUT2D eigenvalue weighted by atomic mass is 10.4. The van der Waals surface area contributed by atoms with Gasteiger partial charge in [-0.05, 0) is 12.1 Å². The first-order chi connectivity index (χ1) is 8.27.